The number of nitrogens with zero attached hydrogens (tertiary/aromatic N) is 1. The Hall–Kier alpha value is 0.0969. The molecule has 0 heterocycles. The molecule has 0 aromatic carbocycles. The SMILES string of the molecule is CCC(C)N(CC)[Si](CC)(NC)NC. The lowest BCUT2D eigenvalue weighted by Gasteiger charge is -2.43. The summed E-state index contributed by atoms with van der Waals surface area (Å²) in [5, 5.41) is 0. The van der Waals surface area contributed by atoms with E-state index in [1.807, 2.05) is 0 Å². The van der Waals surface area contributed by atoms with E-state index in [0.717, 1.165) is 6.54 Å². The Morgan fingerprint density at radius 2 is 1.64 bits per heavy atom. The molecule has 0 bridgehead atoms. The van der Waals surface area contributed by atoms with Gasteiger partial charge in [0.2, 0.25) is 0 Å². The van der Waals surface area contributed by atoms with Crippen molar-refractivity contribution in [2.75, 3.05) is 20.6 Å². The molecule has 0 saturated heterocycles. The highest BCUT2D eigenvalue weighted by Crippen LogP contribution is 2.14. The standard InChI is InChI=1S/C10H27N3Si/c1-7-10(4)13(8-2)14(9-3,11-5)12-6/h10-12H,7-9H2,1-6H3. The fourth-order valence-corrected chi connectivity index (χ4v) is 5.56. The molecule has 0 aromatic heterocycles. The van der Waals surface area contributed by atoms with E-state index < -0.39 is 8.56 Å². The zero-order chi connectivity index (χ0) is 11.2. The second-order valence-electron chi connectivity index (χ2n) is 3.76. The molecule has 0 rings (SSSR count). The van der Waals surface area contributed by atoms with Crippen LogP contribution in [0.4, 0.5) is 0 Å². The lowest BCUT2D eigenvalue weighted by Crippen LogP contribution is -2.72. The molecule has 0 aromatic rings. The van der Waals surface area contributed by atoms with Crippen LogP contribution in [0.3, 0.4) is 0 Å². The van der Waals surface area contributed by atoms with Crippen molar-refractivity contribution in [1.29, 1.82) is 0 Å². The van der Waals surface area contributed by atoms with Crippen molar-refractivity contribution < 1.29 is 0 Å². The zero-order valence-electron chi connectivity index (χ0n) is 10.6. The van der Waals surface area contributed by atoms with Gasteiger partial charge in [-0.2, -0.15) is 0 Å². The monoisotopic (exact) mass is 217 g/mol. The van der Waals surface area contributed by atoms with Crippen molar-refractivity contribution in [2.24, 2.45) is 0 Å². The molecule has 14 heavy (non-hydrogen) atoms. The molecular formula is C10H27N3Si. The van der Waals surface area contributed by atoms with Crippen molar-refractivity contribution in [2.45, 2.75) is 46.2 Å². The van der Waals surface area contributed by atoms with Gasteiger partial charge in [-0.25, -0.2) is 0 Å². The maximum atomic E-state index is 3.53. The maximum Gasteiger partial charge on any atom is 0.283 e. The van der Waals surface area contributed by atoms with E-state index >= 15 is 0 Å². The van der Waals surface area contributed by atoms with Gasteiger partial charge < -0.3 is 9.96 Å². The first-order chi connectivity index (χ1) is 6.61. The van der Waals surface area contributed by atoms with E-state index in [-0.39, 0.29) is 0 Å². The van der Waals surface area contributed by atoms with Crippen LogP contribution in [0.2, 0.25) is 6.04 Å². The predicted molar refractivity (Wildman–Crippen MR) is 66.5 cm³/mol. The number of hydrogen-bond acceptors (Lipinski definition) is 3. The molecule has 0 aliphatic carbocycles. The van der Waals surface area contributed by atoms with E-state index in [0.29, 0.717) is 6.04 Å². The summed E-state index contributed by atoms with van der Waals surface area (Å²) >= 11 is 0. The Labute approximate surface area is 90.5 Å². The van der Waals surface area contributed by atoms with Crippen LogP contribution in [0.25, 0.3) is 0 Å². The van der Waals surface area contributed by atoms with Crippen LogP contribution in [0, 0.1) is 0 Å². The fraction of sp³-hybridized carbons (Fsp3) is 1.00. The second-order valence-corrected chi connectivity index (χ2v) is 7.76. The van der Waals surface area contributed by atoms with Gasteiger partial charge in [-0.15, -0.1) is 0 Å². The third kappa shape index (κ3) is 2.79. The highest BCUT2D eigenvalue weighted by molar-refractivity contribution is 6.72. The number of nitrogens with one attached hydrogen (secondary N) is 2. The molecule has 0 radical (unpaired) electrons. The summed E-state index contributed by atoms with van der Waals surface area (Å²) in [5.41, 5.74) is 0. The van der Waals surface area contributed by atoms with Gasteiger partial charge >= 0.3 is 0 Å². The van der Waals surface area contributed by atoms with Gasteiger partial charge in [-0.3, -0.25) is 4.57 Å². The molecule has 1 atom stereocenters. The van der Waals surface area contributed by atoms with E-state index in [2.05, 4.69) is 56.3 Å². The third-order valence-corrected chi connectivity index (χ3v) is 7.71. The largest absolute Gasteiger partial charge is 0.316 e. The van der Waals surface area contributed by atoms with E-state index in [1.165, 1.54) is 12.5 Å². The van der Waals surface area contributed by atoms with Crippen molar-refractivity contribution in [3.8, 4) is 0 Å². The van der Waals surface area contributed by atoms with E-state index in [9.17, 15) is 0 Å². The Bertz CT molecular complexity index is 140. The quantitative estimate of drug-likeness (QED) is 0.633. The van der Waals surface area contributed by atoms with Crippen molar-refractivity contribution in [3.05, 3.63) is 0 Å². The summed E-state index contributed by atoms with van der Waals surface area (Å²) in [6.45, 7) is 10.2. The summed E-state index contributed by atoms with van der Waals surface area (Å²) in [5.74, 6) is 0. The van der Waals surface area contributed by atoms with Gasteiger partial charge in [0.15, 0.2) is 0 Å². The smallest absolute Gasteiger partial charge is 0.283 e. The van der Waals surface area contributed by atoms with Crippen molar-refractivity contribution >= 4 is 8.56 Å². The zero-order valence-corrected chi connectivity index (χ0v) is 11.6. The molecule has 0 spiro atoms. The average Bonchev–Trinajstić information content (AvgIpc) is 2.25. The Balaban J connectivity index is 4.73. The maximum absolute atomic E-state index is 3.53. The van der Waals surface area contributed by atoms with Crippen LogP contribution in [0.15, 0.2) is 0 Å². The predicted octanol–water partition coefficient (Wildman–Crippen LogP) is 1.50. The number of rotatable bonds is 7. The van der Waals surface area contributed by atoms with Crippen LogP contribution in [-0.4, -0.2) is 39.8 Å². The van der Waals surface area contributed by atoms with Crippen LogP contribution in [0.5, 0.6) is 0 Å². The van der Waals surface area contributed by atoms with Crippen molar-refractivity contribution in [1.82, 2.24) is 14.5 Å². The number of hydrogen-bond donors (Lipinski definition) is 2. The summed E-state index contributed by atoms with van der Waals surface area (Å²) in [6.07, 6.45) is 1.21. The summed E-state index contributed by atoms with van der Waals surface area (Å²) in [4.78, 5) is 7.07. The Morgan fingerprint density at radius 1 is 1.14 bits per heavy atom. The minimum atomic E-state index is -1.60. The Morgan fingerprint density at radius 3 is 1.86 bits per heavy atom. The average molecular weight is 217 g/mol. The lowest BCUT2D eigenvalue weighted by molar-refractivity contribution is 0.322. The molecule has 0 aliphatic heterocycles. The van der Waals surface area contributed by atoms with Gasteiger partial charge in [0.1, 0.15) is 0 Å². The van der Waals surface area contributed by atoms with Gasteiger partial charge in [0.25, 0.3) is 8.56 Å². The topological polar surface area (TPSA) is 27.3 Å². The van der Waals surface area contributed by atoms with E-state index in [4.69, 9.17) is 0 Å². The van der Waals surface area contributed by atoms with Gasteiger partial charge in [0.05, 0.1) is 0 Å². The normalized spacial score (nSPS) is 14.8. The van der Waals surface area contributed by atoms with Crippen LogP contribution in [-0.2, 0) is 0 Å². The summed E-state index contributed by atoms with van der Waals surface area (Å²) in [7, 11) is 2.56. The molecule has 0 aliphatic rings. The van der Waals surface area contributed by atoms with Crippen molar-refractivity contribution in [3.63, 3.8) is 0 Å². The first-order valence-electron chi connectivity index (χ1n) is 5.76. The highest BCUT2D eigenvalue weighted by atomic mass is 28.4. The lowest BCUT2D eigenvalue weighted by atomic mass is 10.3. The molecule has 0 fully saturated rings. The first kappa shape index (κ1) is 14.1. The van der Waals surface area contributed by atoms with Crippen LogP contribution in [0.1, 0.15) is 34.1 Å². The molecule has 1 unspecified atom stereocenters. The first-order valence-corrected chi connectivity index (χ1v) is 7.91. The highest BCUT2D eigenvalue weighted by Gasteiger charge is 2.37. The molecule has 86 valence electrons. The van der Waals surface area contributed by atoms with Crippen LogP contribution < -0.4 is 9.96 Å². The molecule has 0 amide bonds. The van der Waals surface area contributed by atoms with Gasteiger partial charge in [-0.05, 0) is 33.1 Å². The molecule has 0 saturated carbocycles. The van der Waals surface area contributed by atoms with E-state index in [1.54, 1.807) is 0 Å². The summed E-state index contributed by atoms with van der Waals surface area (Å²) in [6, 6.07) is 1.85. The van der Waals surface area contributed by atoms with Crippen LogP contribution >= 0.6 is 0 Å². The Kier molecular flexibility index (Phi) is 6.60. The molecule has 2 N–H and O–H groups in total. The second kappa shape index (κ2) is 6.56. The molecular weight excluding hydrogens is 190 g/mol. The van der Waals surface area contributed by atoms with Gasteiger partial charge in [-0.1, -0.05) is 27.7 Å². The molecule has 4 heteroatoms. The summed E-state index contributed by atoms with van der Waals surface area (Å²) < 4.78 is 2.62. The minimum absolute atomic E-state index is 0.659. The minimum Gasteiger partial charge on any atom is -0.316 e. The fourth-order valence-electron chi connectivity index (χ4n) is 2.15. The van der Waals surface area contributed by atoms with Gasteiger partial charge in [0, 0.05) is 6.04 Å². The third-order valence-electron chi connectivity index (χ3n) is 3.29. The molecule has 3 nitrogen and oxygen atoms in total.